The molecule has 1 saturated heterocycles. The molecule has 27 heavy (non-hydrogen) atoms. The van der Waals surface area contributed by atoms with Crippen LogP contribution >= 0.6 is 0 Å². The summed E-state index contributed by atoms with van der Waals surface area (Å²) in [5, 5.41) is 10.8. The number of carbonyl (C=O) groups is 2. The lowest BCUT2D eigenvalue weighted by Crippen LogP contribution is -2.52. The minimum absolute atomic E-state index is 0.0238. The highest BCUT2D eigenvalue weighted by Gasteiger charge is 2.60. The van der Waals surface area contributed by atoms with E-state index in [1.165, 1.54) is 13.4 Å². The third-order valence-electron chi connectivity index (χ3n) is 6.28. The van der Waals surface area contributed by atoms with E-state index >= 15 is 0 Å². The van der Waals surface area contributed by atoms with Crippen LogP contribution in [-0.4, -0.2) is 24.2 Å². The number of methoxy groups -OCH3 is 1. The number of fused-ring (bicyclic) bond motifs is 3. The molecule has 2 aliphatic carbocycles. The Morgan fingerprint density at radius 3 is 2.78 bits per heavy atom. The SMILES string of the molecule is COC(=O)C1=CC=C[C@@H]2[C@@]3(C)C[C@H](c4ccco4)OC(=O)C3=C(O)C[C@]12C. The molecule has 1 aliphatic heterocycles. The minimum Gasteiger partial charge on any atom is -0.512 e. The molecule has 1 aromatic heterocycles. The van der Waals surface area contributed by atoms with Crippen LogP contribution in [0.4, 0.5) is 0 Å². The predicted molar refractivity (Wildman–Crippen MR) is 95.4 cm³/mol. The van der Waals surface area contributed by atoms with Gasteiger partial charge in [0, 0.05) is 29.2 Å². The van der Waals surface area contributed by atoms with Crippen molar-refractivity contribution in [3.8, 4) is 0 Å². The van der Waals surface area contributed by atoms with E-state index in [1.807, 2.05) is 26.0 Å². The summed E-state index contributed by atoms with van der Waals surface area (Å²) in [6, 6.07) is 3.52. The first-order chi connectivity index (χ1) is 12.8. The highest BCUT2D eigenvalue weighted by Crippen LogP contribution is 2.62. The first-order valence-corrected chi connectivity index (χ1v) is 8.95. The lowest BCUT2D eigenvalue weighted by atomic mass is 9.50. The summed E-state index contributed by atoms with van der Waals surface area (Å²) in [5.74, 6) is -0.594. The standard InChI is InChI=1S/C21H22O6/c1-20-10-13(22)17-19(24)27-15(14-7-5-9-26-14)11-21(17,2)16(20)8-4-6-12(20)18(23)25-3/h4-9,15-16,22H,10-11H2,1-3H3/t15-,16+,20-,21-/m1/s1. The first-order valence-electron chi connectivity index (χ1n) is 8.95. The van der Waals surface area contributed by atoms with Crippen LogP contribution in [-0.2, 0) is 19.1 Å². The number of aliphatic hydroxyl groups is 1. The van der Waals surface area contributed by atoms with E-state index in [-0.39, 0.29) is 18.1 Å². The maximum atomic E-state index is 12.8. The average molecular weight is 370 g/mol. The monoisotopic (exact) mass is 370 g/mol. The number of esters is 2. The zero-order valence-electron chi connectivity index (χ0n) is 15.5. The van der Waals surface area contributed by atoms with Crippen molar-refractivity contribution in [2.45, 2.75) is 32.8 Å². The highest BCUT2D eigenvalue weighted by molar-refractivity contribution is 5.94. The molecule has 2 heterocycles. The van der Waals surface area contributed by atoms with Crippen LogP contribution in [0, 0.1) is 16.7 Å². The fraction of sp³-hybridized carbons (Fsp3) is 0.429. The molecule has 1 fully saturated rings. The van der Waals surface area contributed by atoms with Crippen LogP contribution in [0.1, 0.15) is 38.6 Å². The molecule has 6 nitrogen and oxygen atoms in total. The lowest BCUT2D eigenvalue weighted by Gasteiger charge is -2.54. The number of allylic oxidation sites excluding steroid dienone is 4. The molecule has 0 saturated carbocycles. The maximum Gasteiger partial charge on any atom is 0.338 e. The van der Waals surface area contributed by atoms with Gasteiger partial charge in [-0.25, -0.2) is 9.59 Å². The molecule has 4 atom stereocenters. The van der Waals surface area contributed by atoms with Crippen molar-refractivity contribution in [1.29, 1.82) is 0 Å². The van der Waals surface area contributed by atoms with Crippen molar-refractivity contribution < 1.29 is 28.6 Å². The van der Waals surface area contributed by atoms with Crippen LogP contribution in [0.2, 0.25) is 0 Å². The van der Waals surface area contributed by atoms with Gasteiger partial charge in [-0.1, -0.05) is 32.1 Å². The van der Waals surface area contributed by atoms with E-state index in [0.29, 0.717) is 23.3 Å². The van der Waals surface area contributed by atoms with Gasteiger partial charge in [-0.2, -0.15) is 0 Å². The molecule has 1 N–H and O–H groups in total. The van der Waals surface area contributed by atoms with Gasteiger partial charge in [0.05, 0.1) is 18.9 Å². The number of ether oxygens (including phenoxy) is 2. The number of aliphatic hydroxyl groups excluding tert-OH is 1. The van der Waals surface area contributed by atoms with E-state index in [4.69, 9.17) is 13.9 Å². The minimum atomic E-state index is -0.714. The van der Waals surface area contributed by atoms with E-state index < -0.39 is 28.9 Å². The third kappa shape index (κ3) is 2.39. The van der Waals surface area contributed by atoms with Gasteiger partial charge in [-0.15, -0.1) is 0 Å². The highest BCUT2D eigenvalue weighted by atomic mass is 16.6. The number of furan rings is 1. The molecular formula is C21H22O6. The lowest BCUT2D eigenvalue weighted by molar-refractivity contribution is -0.158. The number of hydrogen-bond acceptors (Lipinski definition) is 6. The summed E-state index contributed by atoms with van der Waals surface area (Å²) in [5.41, 5.74) is -0.606. The summed E-state index contributed by atoms with van der Waals surface area (Å²) >= 11 is 0. The second-order valence-electron chi connectivity index (χ2n) is 7.88. The Hall–Kier alpha value is -2.76. The largest absolute Gasteiger partial charge is 0.512 e. The Morgan fingerprint density at radius 1 is 1.33 bits per heavy atom. The van der Waals surface area contributed by atoms with Gasteiger partial charge in [-0.05, 0) is 18.1 Å². The summed E-state index contributed by atoms with van der Waals surface area (Å²) in [7, 11) is 1.34. The molecule has 0 aromatic carbocycles. The molecule has 0 radical (unpaired) electrons. The first kappa shape index (κ1) is 17.6. The topological polar surface area (TPSA) is 86.0 Å². The van der Waals surface area contributed by atoms with Crippen LogP contribution in [0.25, 0.3) is 0 Å². The second-order valence-corrected chi connectivity index (χ2v) is 7.88. The van der Waals surface area contributed by atoms with Crippen molar-refractivity contribution >= 4 is 11.9 Å². The molecule has 0 spiro atoms. The van der Waals surface area contributed by atoms with Gasteiger partial charge in [0.25, 0.3) is 0 Å². The van der Waals surface area contributed by atoms with Gasteiger partial charge in [0.1, 0.15) is 11.5 Å². The van der Waals surface area contributed by atoms with Crippen LogP contribution in [0.15, 0.2) is 57.9 Å². The Labute approximate surface area is 157 Å². The van der Waals surface area contributed by atoms with Gasteiger partial charge in [0.15, 0.2) is 6.10 Å². The molecule has 3 aliphatic rings. The van der Waals surface area contributed by atoms with Crippen molar-refractivity contribution in [3.05, 3.63) is 59.3 Å². The Morgan fingerprint density at radius 2 is 2.11 bits per heavy atom. The van der Waals surface area contributed by atoms with E-state index in [9.17, 15) is 14.7 Å². The fourth-order valence-electron chi connectivity index (χ4n) is 5.11. The molecule has 0 unspecified atom stereocenters. The number of carbonyl (C=O) groups excluding carboxylic acids is 2. The van der Waals surface area contributed by atoms with E-state index in [0.717, 1.165) is 0 Å². The normalized spacial score (nSPS) is 35.1. The third-order valence-corrected chi connectivity index (χ3v) is 6.28. The van der Waals surface area contributed by atoms with Gasteiger partial charge >= 0.3 is 11.9 Å². The number of cyclic esters (lactones) is 1. The van der Waals surface area contributed by atoms with Crippen molar-refractivity contribution in [3.63, 3.8) is 0 Å². The quantitative estimate of drug-likeness (QED) is 0.798. The molecule has 0 amide bonds. The molecule has 4 rings (SSSR count). The predicted octanol–water partition coefficient (Wildman–Crippen LogP) is 3.78. The van der Waals surface area contributed by atoms with Crippen LogP contribution < -0.4 is 0 Å². The molecule has 0 bridgehead atoms. The fourth-order valence-corrected chi connectivity index (χ4v) is 5.11. The van der Waals surface area contributed by atoms with Gasteiger partial charge in [-0.3, -0.25) is 0 Å². The Balaban J connectivity index is 1.84. The summed E-state index contributed by atoms with van der Waals surface area (Å²) in [6.07, 6.45) is 7.19. The van der Waals surface area contributed by atoms with Crippen molar-refractivity contribution in [2.24, 2.45) is 16.7 Å². The molecule has 6 heteroatoms. The van der Waals surface area contributed by atoms with E-state index in [2.05, 4.69) is 0 Å². The van der Waals surface area contributed by atoms with Crippen LogP contribution in [0.3, 0.4) is 0 Å². The summed E-state index contributed by atoms with van der Waals surface area (Å²) in [4.78, 5) is 25.2. The average Bonchev–Trinajstić information content (AvgIpc) is 3.14. The van der Waals surface area contributed by atoms with Crippen molar-refractivity contribution in [1.82, 2.24) is 0 Å². The molecule has 142 valence electrons. The molecular weight excluding hydrogens is 348 g/mol. The van der Waals surface area contributed by atoms with E-state index in [1.54, 1.807) is 18.2 Å². The second kappa shape index (κ2) is 5.87. The zero-order valence-corrected chi connectivity index (χ0v) is 15.5. The van der Waals surface area contributed by atoms with Crippen molar-refractivity contribution in [2.75, 3.05) is 7.11 Å². The number of rotatable bonds is 2. The van der Waals surface area contributed by atoms with Gasteiger partial charge < -0.3 is 19.0 Å². The van der Waals surface area contributed by atoms with Gasteiger partial charge in [0.2, 0.25) is 0 Å². The number of hydrogen-bond donors (Lipinski definition) is 1. The van der Waals surface area contributed by atoms with Crippen LogP contribution in [0.5, 0.6) is 0 Å². The summed E-state index contributed by atoms with van der Waals surface area (Å²) in [6.45, 7) is 3.88. The molecule has 1 aromatic rings. The zero-order chi connectivity index (χ0) is 19.4. The maximum absolute atomic E-state index is 12.8. The Bertz CT molecular complexity index is 890. The smallest absolute Gasteiger partial charge is 0.338 e. The Kier molecular flexibility index (Phi) is 3.84. The summed E-state index contributed by atoms with van der Waals surface area (Å²) < 4.78 is 16.0.